The van der Waals surface area contributed by atoms with Crippen molar-refractivity contribution in [3.8, 4) is 17.2 Å². The van der Waals surface area contributed by atoms with Crippen LogP contribution in [0.15, 0.2) is 35.1 Å². The summed E-state index contributed by atoms with van der Waals surface area (Å²) < 4.78 is 30.8. The van der Waals surface area contributed by atoms with Gasteiger partial charge in [-0.05, 0) is 35.9 Å². The van der Waals surface area contributed by atoms with Gasteiger partial charge >= 0.3 is 5.69 Å². The Morgan fingerprint density at radius 1 is 1.04 bits per heavy atom. The molecule has 0 saturated heterocycles. The topological polar surface area (TPSA) is 65.5 Å². The monoisotopic (exact) mass is 332 g/mol. The molecule has 0 spiro atoms. The summed E-state index contributed by atoms with van der Waals surface area (Å²) in [4.78, 5) is 14.8. The van der Waals surface area contributed by atoms with Gasteiger partial charge in [0, 0.05) is 0 Å². The quantitative estimate of drug-likeness (QED) is 0.780. The summed E-state index contributed by atoms with van der Waals surface area (Å²) in [5.74, 6) is 1.09. The van der Waals surface area contributed by atoms with E-state index in [0.717, 1.165) is 5.56 Å². The first-order chi connectivity index (χ1) is 11.6. The molecule has 0 unspecified atom stereocenters. The second-order valence-corrected chi connectivity index (χ2v) is 5.21. The summed E-state index contributed by atoms with van der Waals surface area (Å²) in [6.07, 6.45) is 0. The molecule has 0 amide bonds. The van der Waals surface area contributed by atoms with Crippen LogP contribution in [-0.4, -0.2) is 30.9 Å². The standard InChI is InChI=1S/C17H17FN2O4/c1-22-14-6-10(7-15(23-2)16(14)24-3)9-20-13-5-4-11(18)8-12(13)19-17(20)21/h4-8H,9H2,1-3H3,(H,19,21). The summed E-state index contributed by atoms with van der Waals surface area (Å²) in [5.41, 5.74) is 1.55. The summed E-state index contributed by atoms with van der Waals surface area (Å²) in [6, 6.07) is 7.73. The molecule has 0 aliphatic heterocycles. The van der Waals surface area contributed by atoms with Gasteiger partial charge in [0.15, 0.2) is 11.5 Å². The molecule has 126 valence electrons. The van der Waals surface area contributed by atoms with Crippen molar-refractivity contribution in [1.29, 1.82) is 0 Å². The predicted molar refractivity (Wildman–Crippen MR) is 87.7 cm³/mol. The first-order valence-electron chi connectivity index (χ1n) is 7.24. The second kappa shape index (κ2) is 6.27. The van der Waals surface area contributed by atoms with Crippen LogP contribution in [0.2, 0.25) is 0 Å². The smallest absolute Gasteiger partial charge is 0.326 e. The van der Waals surface area contributed by atoms with Crippen molar-refractivity contribution in [3.05, 3.63) is 52.2 Å². The van der Waals surface area contributed by atoms with Crippen molar-refractivity contribution in [1.82, 2.24) is 9.55 Å². The summed E-state index contributed by atoms with van der Waals surface area (Å²) in [7, 11) is 4.59. The molecule has 0 fully saturated rings. The van der Waals surface area contributed by atoms with Gasteiger partial charge in [-0.15, -0.1) is 0 Å². The molecular weight excluding hydrogens is 315 g/mol. The van der Waals surface area contributed by atoms with E-state index in [2.05, 4.69) is 4.98 Å². The van der Waals surface area contributed by atoms with Crippen LogP contribution < -0.4 is 19.9 Å². The van der Waals surface area contributed by atoms with Gasteiger partial charge in [-0.1, -0.05) is 0 Å². The van der Waals surface area contributed by atoms with E-state index in [0.29, 0.717) is 28.3 Å². The van der Waals surface area contributed by atoms with E-state index in [1.807, 2.05) is 0 Å². The molecule has 1 N–H and O–H groups in total. The Hall–Kier alpha value is -2.96. The Labute approximate surface area is 137 Å². The fraction of sp³-hybridized carbons (Fsp3) is 0.235. The van der Waals surface area contributed by atoms with Crippen LogP contribution in [0, 0.1) is 5.82 Å². The van der Waals surface area contributed by atoms with Crippen LogP contribution >= 0.6 is 0 Å². The molecule has 3 aromatic rings. The zero-order valence-corrected chi connectivity index (χ0v) is 13.6. The largest absolute Gasteiger partial charge is 0.493 e. The maximum Gasteiger partial charge on any atom is 0.326 e. The molecule has 0 radical (unpaired) electrons. The Morgan fingerprint density at radius 2 is 1.71 bits per heavy atom. The number of halogens is 1. The summed E-state index contributed by atoms with van der Waals surface area (Å²) in [5, 5.41) is 0. The lowest BCUT2D eigenvalue weighted by atomic mass is 10.1. The fourth-order valence-corrected chi connectivity index (χ4v) is 2.70. The molecule has 6 nitrogen and oxygen atoms in total. The van der Waals surface area contributed by atoms with Crippen LogP contribution in [0.25, 0.3) is 11.0 Å². The number of benzene rings is 2. The molecule has 0 saturated carbocycles. The highest BCUT2D eigenvalue weighted by molar-refractivity contribution is 5.75. The normalized spacial score (nSPS) is 10.8. The molecule has 0 atom stereocenters. The molecule has 2 aromatic carbocycles. The number of nitrogens with zero attached hydrogens (tertiary/aromatic N) is 1. The highest BCUT2D eigenvalue weighted by Crippen LogP contribution is 2.38. The van der Waals surface area contributed by atoms with E-state index in [-0.39, 0.29) is 12.2 Å². The fourth-order valence-electron chi connectivity index (χ4n) is 2.70. The minimum absolute atomic E-state index is 0.279. The van der Waals surface area contributed by atoms with Crippen LogP contribution in [0.5, 0.6) is 17.2 Å². The number of aromatic nitrogens is 2. The zero-order valence-electron chi connectivity index (χ0n) is 13.6. The van der Waals surface area contributed by atoms with Gasteiger partial charge in [-0.2, -0.15) is 0 Å². The number of ether oxygens (including phenoxy) is 3. The first kappa shape index (κ1) is 15.9. The molecule has 24 heavy (non-hydrogen) atoms. The number of imidazole rings is 1. The number of aromatic amines is 1. The third kappa shape index (κ3) is 2.68. The average molecular weight is 332 g/mol. The van der Waals surface area contributed by atoms with Gasteiger partial charge in [-0.3, -0.25) is 4.57 Å². The van der Waals surface area contributed by atoms with Crippen molar-refractivity contribution >= 4 is 11.0 Å². The summed E-state index contributed by atoms with van der Waals surface area (Å²) >= 11 is 0. The number of H-pyrrole nitrogens is 1. The maximum atomic E-state index is 13.3. The van der Waals surface area contributed by atoms with Crippen molar-refractivity contribution in [2.75, 3.05) is 21.3 Å². The van der Waals surface area contributed by atoms with E-state index in [1.165, 1.54) is 38.0 Å². The van der Waals surface area contributed by atoms with Crippen LogP contribution in [-0.2, 0) is 6.54 Å². The molecule has 1 aromatic heterocycles. The third-order valence-corrected chi connectivity index (χ3v) is 3.80. The summed E-state index contributed by atoms with van der Waals surface area (Å²) in [6.45, 7) is 0.279. The number of fused-ring (bicyclic) bond motifs is 1. The highest BCUT2D eigenvalue weighted by atomic mass is 19.1. The first-order valence-corrected chi connectivity index (χ1v) is 7.24. The Morgan fingerprint density at radius 3 is 2.29 bits per heavy atom. The van der Waals surface area contributed by atoms with Gasteiger partial charge in [0.2, 0.25) is 5.75 Å². The SMILES string of the molecule is COc1cc(Cn2c(=O)[nH]c3cc(F)ccc32)cc(OC)c1OC. The van der Waals surface area contributed by atoms with Gasteiger partial charge < -0.3 is 19.2 Å². The van der Waals surface area contributed by atoms with Crippen molar-refractivity contribution in [2.24, 2.45) is 0 Å². The van der Waals surface area contributed by atoms with Gasteiger partial charge in [0.1, 0.15) is 5.82 Å². The Bertz CT molecular complexity index is 920. The van der Waals surface area contributed by atoms with Crippen LogP contribution in [0.1, 0.15) is 5.56 Å². The minimum atomic E-state index is -0.399. The molecule has 7 heteroatoms. The zero-order chi connectivity index (χ0) is 17.3. The van der Waals surface area contributed by atoms with Crippen molar-refractivity contribution < 1.29 is 18.6 Å². The van der Waals surface area contributed by atoms with E-state index in [4.69, 9.17) is 14.2 Å². The lowest BCUT2D eigenvalue weighted by molar-refractivity contribution is 0.323. The van der Waals surface area contributed by atoms with Crippen LogP contribution in [0.4, 0.5) is 4.39 Å². The highest BCUT2D eigenvalue weighted by Gasteiger charge is 2.15. The molecule has 0 aliphatic rings. The number of rotatable bonds is 5. The maximum absolute atomic E-state index is 13.3. The van der Waals surface area contributed by atoms with Gasteiger partial charge in [0.25, 0.3) is 0 Å². The van der Waals surface area contributed by atoms with Crippen molar-refractivity contribution in [3.63, 3.8) is 0 Å². The molecular formula is C17H17FN2O4. The molecule has 0 aliphatic carbocycles. The number of hydrogen-bond donors (Lipinski definition) is 1. The van der Waals surface area contributed by atoms with Gasteiger partial charge in [0.05, 0.1) is 38.9 Å². The predicted octanol–water partition coefficient (Wildman–Crippen LogP) is 2.54. The Balaban J connectivity index is 2.09. The third-order valence-electron chi connectivity index (χ3n) is 3.80. The second-order valence-electron chi connectivity index (χ2n) is 5.21. The minimum Gasteiger partial charge on any atom is -0.493 e. The number of methoxy groups -OCH3 is 3. The van der Waals surface area contributed by atoms with E-state index in [9.17, 15) is 9.18 Å². The van der Waals surface area contributed by atoms with E-state index >= 15 is 0 Å². The van der Waals surface area contributed by atoms with E-state index in [1.54, 1.807) is 18.2 Å². The number of nitrogens with one attached hydrogen (secondary N) is 1. The lowest BCUT2D eigenvalue weighted by Gasteiger charge is -2.14. The molecule has 0 bridgehead atoms. The van der Waals surface area contributed by atoms with Crippen LogP contribution in [0.3, 0.4) is 0 Å². The van der Waals surface area contributed by atoms with E-state index < -0.39 is 5.82 Å². The average Bonchev–Trinajstić information content (AvgIpc) is 2.88. The molecule has 3 rings (SSSR count). The van der Waals surface area contributed by atoms with Crippen molar-refractivity contribution in [2.45, 2.75) is 6.54 Å². The Kier molecular flexibility index (Phi) is 4.16. The number of hydrogen-bond acceptors (Lipinski definition) is 4. The lowest BCUT2D eigenvalue weighted by Crippen LogP contribution is -2.17. The molecule has 1 heterocycles. The van der Waals surface area contributed by atoms with Gasteiger partial charge in [-0.25, -0.2) is 9.18 Å².